The summed E-state index contributed by atoms with van der Waals surface area (Å²) in [5.41, 5.74) is 0.593. The zero-order valence-corrected chi connectivity index (χ0v) is 13.4. The van der Waals surface area contributed by atoms with Crippen LogP contribution in [0.3, 0.4) is 0 Å². The predicted octanol–water partition coefficient (Wildman–Crippen LogP) is 1.77. The Morgan fingerprint density at radius 3 is 2.90 bits per heavy atom. The molecule has 118 valence electrons. The molecule has 1 aromatic rings. The van der Waals surface area contributed by atoms with Gasteiger partial charge in [0, 0.05) is 25.7 Å². The molecule has 0 aliphatic carbocycles. The number of pyridine rings is 1. The third-order valence-corrected chi connectivity index (χ3v) is 4.02. The minimum Gasteiger partial charge on any atom is -0.325 e. The SMILES string of the molecule is CC(CC(=O)Nc1ccc(=O)n(C)c1)C1CCCNC1.Cl. The molecule has 1 saturated heterocycles. The molecule has 0 radical (unpaired) electrons. The molecule has 0 spiro atoms. The monoisotopic (exact) mass is 313 g/mol. The maximum absolute atomic E-state index is 12.0. The number of aryl methyl sites for hydroxylation is 1. The fraction of sp³-hybridized carbons (Fsp3) is 0.600. The lowest BCUT2D eigenvalue weighted by atomic mass is 9.85. The molecule has 2 unspecified atom stereocenters. The van der Waals surface area contributed by atoms with Crippen molar-refractivity contribution in [3.05, 3.63) is 28.7 Å². The number of hydrogen-bond donors (Lipinski definition) is 2. The van der Waals surface area contributed by atoms with Crippen molar-refractivity contribution in [2.24, 2.45) is 18.9 Å². The first-order valence-corrected chi connectivity index (χ1v) is 7.23. The van der Waals surface area contributed by atoms with Crippen LogP contribution in [0.1, 0.15) is 26.2 Å². The molecule has 1 aromatic heterocycles. The van der Waals surface area contributed by atoms with E-state index in [0.717, 1.165) is 13.1 Å². The van der Waals surface area contributed by atoms with Gasteiger partial charge in [-0.3, -0.25) is 9.59 Å². The molecular weight excluding hydrogens is 290 g/mol. The quantitative estimate of drug-likeness (QED) is 0.890. The lowest BCUT2D eigenvalue weighted by Crippen LogP contribution is -2.34. The fourth-order valence-electron chi connectivity index (χ4n) is 2.70. The van der Waals surface area contributed by atoms with Gasteiger partial charge in [0.25, 0.3) is 0 Å². The van der Waals surface area contributed by atoms with Crippen molar-refractivity contribution >= 4 is 24.0 Å². The van der Waals surface area contributed by atoms with Gasteiger partial charge in [0.1, 0.15) is 0 Å². The maximum Gasteiger partial charge on any atom is 0.250 e. The third-order valence-electron chi connectivity index (χ3n) is 4.02. The van der Waals surface area contributed by atoms with Crippen LogP contribution in [0.15, 0.2) is 23.1 Å². The summed E-state index contributed by atoms with van der Waals surface area (Å²) in [6.07, 6.45) is 4.56. The van der Waals surface area contributed by atoms with E-state index in [9.17, 15) is 9.59 Å². The second-order valence-electron chi connectivity index (χ2n) is 5.70. The summed E-state index contributed by atoms with van der Waals surface area (Å²) in [5.74, 6) is 0.965. The molecule has 1 aliphatic heterocycles. The Labute approximate surface area is 131 Å². The van der Waals surface area contributed by atoms with Crippen molar-refractivity contribution in [3.63, 3.8) is 0 Å². The van der Waals surface area contributed by atoms with E-state index >= 15 is 0 Å². The van der Waals surface area contributed by atoms with Crippen LogP contribution in [0.5, 0.6) is 0 Å². The summed E-state index contributed by atoms with van der Waals surface area (Å²) in [5, 5.41) is 6.24. The number of carbonyl (C=O) groups excluding carboxylic acids is 1. The van der Waals surface area contributed by atoms with Crippen molar-refractivity contribution in [1.29, 1.82) is 0 Å². The molecule has 1 fully saturated rings. The fourth-order valence-corrected chi connectivity index (χ4v) is 2.70. The summed E-state index contributed by atoms with van der Waals surface area (Å²) < 4.78 is 1.46. The lowest BCUT2D eigenvalue weighted by Gasteiger charge is -2.28. The van der Waals surface area contributed by atoms with Gasteiger partial charge in [0.05, 0.1) is 5.69 Å². The number of aromatic nitrogens is 1. The van der Waals surface area contributed by atoms with Gasteiger partial charge in [0.15, 0.2) is 0 Å². The number of carbonyl (C=O) groups is 1. The highest BCUT2D eigenvalue weighted by molar-refractivity contribution is 5.90. The minimum atomic E-state index is -0.0790. The number of halogens is 1. The van der Waals surface area contributed by atoms with Gasteiger partial charge in [0.2, 0.25) is 11.5 Å². The van der Waals surface area contributed by atoms with E-state index in [0.29, 0.717) is 23.9 Å². The molecular formula is C15H24ClN3O2. The van der Waals surface area contributed by atoms with Crippen LogP contribution in [-0.4, -0.2) is 23.6 Å². The number of nitrogens with zero attached hydrogens (tertiary/aromatic N) is 1. The first-order valence-electron chi connectivity index (χ1n) is 7.23. The van der Waals surface area contributed by atoms with E-state index in [1.165, 1.54) is 23.5 Å². The Morgan fingerprint density at radius 2 is 2.29 bits per heavy atom. The van der Waals surface area contributed by atoms with Crippen molar-refractivity contribution in [2.75, 3.05) is 18.4 Å². The van der Waals surface area contributed by atoms with E-state index in [1.807, 2.05) is 0 Å². The van der Waals surface area contributed by atoms with E-state index in [1.54, 1.807) is 19.3 Å². The van der Waals surface area contributed by atoms with Gasteiger partial charge in [-0.1, -0.05) is 6.92 Å². The molecule has 2 rings (SSSR count). The normalized spacial score (nSPS) is 19.4. The molecule has 0 bridgehead atoms. The summed E-state index contributed by atoms with van der Waals surface area (Å²) in [6.45, 7) is 4.24. The molecule has 2 atom stereocenters. The zero-order chi connectivity index (χ0) is 14.5. The summed E-state index contributed by atoms with van der Waals surface area (Å²) in [7, 11) is 1.67. The second kappa shape index (κ2) is 8.20. The first-order chi connectivity index (χ1) is 9.56. The van der Waals surface area contributed by atoms with E-state index in [2.05, 4.69) is 17.6 Å². The highest BCUT2D eigenvalue weighted by Crippen LogP contribution is 2.22. The lowest BCUT2D eigenvalue weighted by molar-refractivity contribution is -0.117. The molecule has 0 aromatic carbocycles. The van der Waals surface area contributed by atoms with Crippen LogP contribution in [0.2, 0.25) is 0 Å². The van der Waals surface area contributed by atoms with Crippen molar-refractivity contribution in [2.45, 2.75) is 26.2 Å². The number of amides is 1. The molecule has 6 heteroatoms. The van der Waals surface area contributed by atoms with Crippen LogP contribution in [0, 0.1) is 11.8 Å². The van der Waals surface area contributed by atoms with Crippen molar-refractivity contribution < 1.29 is 4.79 Å². The highest BCUT2D eigenvalue weighted by atomic mass is 35.5. The molecule has 2 heterocycles. The Bertz CT molecular complexity index is 524. The van der Waals surface area contributed by atoms with Gasteiger partial charge < -0.3 is 15.2 Å². The average molecular weight is 314 g/mol. The van der Waals surface area contributed by atoms with E-state index in [-0.39, 0.29) is 23.9 Å². The standard InChI is InChI=1S/C15H23N3O2.ClH/c1-11(12-4-3-7-16-9-12)8-14(19)17-13-5-6-15(20)18(2)10-13;/h5-6,10-12,16H,3-4,7-9H2,1-2H3,(H,17,19);1H. The number of rotatable bonds is 4. The van der Waals surface area contributed by atoms with Crippen LogP contribution >= 0.6 is 12.4 Å². The smallest absolute Gasteiger partial charge is 0.250 e. The van der Waals surface area contributed by atoms with Gasteiger partial charge in [-0.2, -0.15) is 0 Å². The number of nitrogens with one attached hydrogen (secondary N) is 2. The van der Waals surface area contributed by atoms with Gasteiger partial charge in [-0.25, -0.2) is 0 Å². The Balaban J connectivity index is 0.00000220. The third kappa shape index (κ3) is 5.17. The van der Waals surface area contributed by atoms with E-state index < -0.39 is 0 Å². The average Bonchev–Trinajstić information content (AvgIpc) is 2.44. The molecule has 1 aliphatic rings. The second-order valence-corrected chi connectivity index (χ2v) is 5.70. The summed E-state index contributed by atoms with van der Waals surface area (Å²) >= 11 is 0. The minimum absolute atomic E-state index is 0. The Hall–Kier alpha value is -1.33. The molecule has 1 amide bonds. The number of hydrogen-bond acceptors (Lipinski definition) is 3. The van der Waals surface area contributed by atoms with Crippen LogP contribution < -0.4 is 16.2 Å². The summed E-state index contributed by atoms with van der Waals surface area (Å²) in [4.78, 5) is 23.3. The van der Waals surface area contributed by atoms with Gasteiger partial charge in [-0.05, 0) is 43.8 Å². The topological polar surface area (TPSA) is 63.1 Å². The zero-order valence-electron chi connectivity index (χ0n) is 12.6. The number of piperidine rings is 1. The largest absolute Gasteiger partial charge is 0.325 e. The Morgan fingerprint density at radius 1 is 1.52 bits per heavy atom. The van der Waals surface area contributed by atoms with E-state index in [4.69, 9.17) is 0 Å². The molecule has 21 heavy (non-hydrogen) atoms. The highest BCUT2D eigenvalue weighted by Gasteiger charge is 2.22. The van der Waals surface area contributed by atoms with Crippen LogP contribution in [0.4, 0.5) is 5.69 Å². The molecule has 5 nitrogen and oxygen atoms in total. The predicted molar refractivity (Wildman–Crippen MR) is 86.9 cm³/mol. The Kier molecular flexibility index (Phi) is 6.92. The van der Waals surface area contributed by atoms with Crippen LogP contribution in [-0.2, 0) is 11.8 Å². The van der Waals surface area contributed by atoms with Crippen molar-refractivity contribution in [1.82, 2.24) is 9.88 Å². The number of anilines is 1. The van der Waals surface area contributed by atoms with Gasteiger partial charge >= 0.3 is 0 Å². The molecule has 2 N–H and O–H groups in total. The van der Waals surface area contributed by atoms with Crippen molar-refractivity contribution in [3.8, 4) is 0 Å². The van der Waals surface area contributed by atoms with Gasteiger partial charge in [-0.15, -0.1) is 12.4 Å². The first kappa shape index (κ1) is 17.7. The molecule has 0 saturated carbocycles. The summed E-state index contributed by atoms with van der Waals surface area (Å²) in [6, 6.07) is 3.11. The maximum atomic E-state index is 12.0. The van der Waals surface area contributed by atoms with Crippen LogP contribution in [0.25, 0.3) is 0 Å².